The minimum atomic E-state index is -5.02. The number of thiazole rings is 1. The molecule has 1 aromatic heterocycles. The Morgan fingerprint density at radius 2 is 2.19 bits per heavy atom. The summed E-state index contributed by atoms with van der Waals surface area (Å²) in [7, 11) is 0. The highest BCUT2D eigenvalue weighted by Crippen LogP contribution is 2.30. The number of aromatic nitrogens is 1. The fourth-order valence-corrected chi connectivity index (χ4v) is 2.89. The van der Waals surface area contributed by atoms with Crippen LogP contribution >= 0.6 is 27.3 Å². The average Bonchev–Trinajstić information content (AvgIpc) is 3.00. The van der Waals surface area contributed by atoms with Gasteiger partial charge in [0.15, 0.2) is 11.6 Å². The van der Waals surface area contributed by atoms with E-state index < -0.39 is 23.9 Å². The molecular formula is C15H12BrF4N3O3S. The van der Waals surface area contributed by atoms with Gasteiger partial charge in [-0.1, -0.05) is 15.9 Å². The molecule has 0 aliphatic rings. The predicted molar refractivity (Wildman–Crippen MR) is 94.5 cm³/mol. The van der Waals surface area contributed by atoms with Crippen LogP contribution in [-0.2, 0) is 16.0 Å². The topological polar surface area (TPSA) is 72.8 Å². The second kappa shape index (κ2) is 9.13. The number of benzene rings is 1. The van der Waals surface area contributed by atoms with Crippen LogP contribution in [0.2, 0.25) is 0 Å². The number of carbonyl (C=O) groups excluding carboxylic acids is 1. The van der Waals surface area contributed by atoms with Gasteiger partial charge >= 0.3 is 12.3 Å². The first-order valence-electron chi connectivity index (χ1n) is 7.32. The Morgan fingerprint density at radius 3 is 2.85 bits per heavy atom. The smallest absolute Gasteiger partial charge is 0.466 e. The van der Waals surface area contributed by atoms with Crippen molar-refractivity contribution in [2.75, 3.05) is 12.0 Å². The van der Waals surface area contributed by atoms with E-state index in [1.807, 2.05) is 0 Å². The van der Waals surface area contributed by atoms with Gasteiger partial charge in [0, 0.05) is 15.4 Å². The van der Waals surface area contributed by atoms with Crippen LogP contribution in [0.1, 0.15) is 18.2 Å². The van der Waals surface area contributed by atoms with Crippen molar-refractivity contribution < 1.29 is 31.8 Å². The number of hydrogen-bond donors (Lipinski definition) is 1. The summed E-state index contributed by atoms with van der Waals surface area (Å²) in [6, 6.07) is 2.05. The number of nitrogens with one attached hydrogen (secondary N) is 1. The molecule has 2 aromatic rings. The van der Waals surface area contributed by atoms with Crippen LogP contribution in [0.4, 0.5) is 22.7 Å². The first-order chi connectivity index (χ1) is 12.7. The van der Waals surface area contributed by atoms with Crippen LogP contribution in [0.5, 0.6) is 5.75 Å². The molecule has 1 heterocycles. The summed E-state index contributed by atoms with van der Waals surface area (Å²) in [4.78, 5) is 15.5. The Morgan fingerprint density at radius 1 is 1.44 bits per heavy atom. The lowest BCUT2D eigenvalue weighted by molar-refractivity contribution is -0.275. The number of nitrogens with zero attached hydrogens (tertiary/aromatic N) is 2. The molecule has 27 heavy (non-hydrogen) atoms. The van der Waals surface area contributed by atoms with Gasteiger partial charge in [-0.15, -0.1) is 24.5 Å². The van der Waals surface area contributed by atoms with Crippen LogP contribution < -0.4 is 10.2 Å². The summed E-state index contributed by atoms with van der Waals surface area (Å²) in [5.41, 5.74) is 2.73. The van der Waals surface area contributed by atoms with Gasteiger partial charge in [-0.3, -0.25) is 10.2 Å². The Bertz CT molecular complexity index is 842. The minimum Gasteiger partial charge on any atom is -0.466 e. The molecular weight excluding hydrogens is 458 g/mol. The summed E-state index contributed by atoms with van der Waals surface area (Å²) in [6.07, 6.45) is -4.04. The van der Waals surface area contributed by atoms with Crippen molar-refractivity contribution in [2.45, 2.75) is 19.7 Å². The lowest BCUT2D eigenvalue weighted by Crippen LogP contribution is -2.18. The molecule has 6 nitrogen and oxygen atoms in total. The van der Waals surface area contributed by atoms with E-state index in [-0.39, 0.29) is 23.1 Å². The van der Waals surface area contributed by atoms with Gasteiger partial charge in [-0.25, -0.2) is 9.37 Å². The highest BCUT2D eigenvalue weighted by Gasteiger charge is 2.33. The third kappa shape index (κ3) is 6.47. The van der Waals surface area contributed by atoms with E-state index in [1.165, 1.54) is 6.07 Å². The molecule has 1 N–H and O–H groups in total. The molecule has 0 saturated heterocycles. The minimum absolute atomic E-state index is 0.00721. The third-order valence-corrected chi connectivity index (χ3v) is 4.34. The van der Waals surface area contributed by atoms with Crippen LogP contribution in [0.25, 0.3) is 0 Å². The molecule has 0 amide bonds. The highest BCUT2D eigenvalue weighted by atomic mass is 79.9. The van der Waals surface area contributed by atoms with Crippen molar-refractivity contribution in [1.29, 1.82) is 0 Å². The largest absolute Gasteiger partial charge is 0.573 e. The molecule has 1 aromatic carbocycles. The Labute approximate surface area is 163 Å². The fraction of sp³-hybridized carbons (Fsp3) is 0.267. The van der Waals surface area contributed by atoms with Crippen LogP contribution in [0.15, 0.2) is 27.1 Å². The summed E-state index contributed by atoms with van der Waals surface area (Å²) in [5.74, 6) is -2.63. The zero-order valence-electron chi connectivity index (χ0n) is 13.6. The monoisotopic (exact) mass is 469 g/mol. The van der Waals surface area contributed by atoms with E-state index in [9.17, 15) is 22.4 Å². The number of halogens is 5. The van der Waals surface area contributed by atoms with Gasteiger partial charge in [0.25, 0.3) is 0 Å². The molecule has 0 saturated carbocycles. The van der Waals surface area contributed by atoms with Gasteiger partial charge in [-0.05, 0) is 19.1 Å². The second-order valence-corrected chi connectivity index (χ2v) is 6.53. The molecule has 0 unspecified atom stereocenters. The standard InChI is InChI=1S/C15H12BrF4N3O3S/c1-2-25-12(24)5-8-7-27-14(22-8)23-21-6-9-10(16)3-4-11(13(9)17)26-15(18,19)20/h3-4,6-7H,2,5H2,1H3,(H,22,23). The summed E-state index contributed by atoms with van der Waals surface area (Å²) >= 11 is 4.17. The Balaban J connectivity index is 2.07. The average molecular weight is 470 g/mol. The van der Waals surface area contributed by atoms with Gasteiger partial charge in [0.1, 0.15) is 0 Å². The Kier molecular flexibility index (Phi) is 7.13. The Hall–Kier alpha value is -2.21. The van der Waals surface area contributed by atoms with Crippen LogP contribution in [0, 0.1) is 5.82 Å². The number of alkyl halides is 3. The number of anilines is 1. The molecule has 0 aliphatic carbocycles. The molecule has 146 valence electrons. The maximum absolute atomic E-state index is 14.2. The maximum Gasteiger partial charge on any atom is 0.573 e. The van der Waals surface area contributed by atoms with E-state index in [2.05, 4.69) is 36.2 Å². The van der Waals surface area contributed by atoms with Crippen molar-refractivity contribution >= 4 is 44.6 Å². The summed E-state index contributed by atoms with van der Waals surface area (Å²) in [6.45, 7) is 1.95. The van der Waals surface area contributed by atoms with Gasteiger partial charge in [0.05, 0.1) is 24.9 Å². The second-order valence-electron chi connectivity index (χ2n) is 4.82. The molecule has 2 rings (SSSR count). The molecule has 0 radical (unpaired) electrons. The highest BCUT2D eigenvalue weighted by molar-refractivity contribution is 9.10. The zero-order valence-corrected chi connectivity index (χ0v) is 16.0. The fourth-order valence-electron chi connectivity index (χ4n) is 1.82. The lowest BCUT2D eigenvalue weighted by Gasteiger charge is -2.11. The normalized spacial score (nSPS) is 11.6. The van der Waals surface area contributed by atoms with Crippen molar-refractivity contribution in [3.63, 3.8) is 0 Å². The van der Waals surface area contributed by atoms with Gasteiger partial charge < -0.3 is 9.47 Å². The van der Waals surface area contributed by atoms with Crippen LogP contribution in [-0.4, -0.2) is 30.1 Å². The number of ether oxygens (including phenoxy) is 2. The molecule has 0 spiro atoms. The summed E-state index contributed by atoms with van der Waals surface area (Å²) in [5, 5.41) is 5.67. The number of esters is 1. The zero-order chi connectivity index (χ0) is 20.0. The van der Waals surface area contributed by atoms with E-state index >= 15 is 0 Å². The van der Waals surface area contributed by atoms with E-state index in [0.717, 1.165) is 23.6 Å². The molecule has 0 bridgehead atoms. The van der Waals surface area contributed by atoms with Crippen molar-refractivity contribution in [3.05, 3.63) is 39.1 Å². The third-order valence-electron chi connectivity index (χ3n) is 2.85. The van der Waals surface area contributed by atoms with E-state index in [0.29, 0.717) is 10.8 Å². The quantitative estimate of drug-likeness (QED) is 0.280. The van der Waals surface area contributed by atoms with Crippen molar-refractivity contribution in [2.24, 2.45) is 5.10 Å². The molecule has 0 fully saturated rings. The SMILES string of the molecule is CCOC(=O)Cc1csc(NN=Cc2c(Br)ccc(OC(F)(F)F)c2F)n1. The van der Waals surface area contributed by atoms with Crippen LogP contribution in [0.3, 0.4) is 0 Å². The summed E-state index contributed by atoms with van der Waals surface area (Å²) < 4.78 is 59.6. The first-order valence-corrected chi connectivity index (χ1v) is 8.99. The van der Waals surface area contributed by atoms with Gasteiger partial charge in [0.2, 0.25) is 5.13 Å². The van der Waals surface area contributed by atoms with Crippen molar-refractivity contribution in [1.82, 2.24) is 4.98 Å². The number of carbonyl (C=O) groups is 1. The predicted octanol–water partition coefficient (Wildman–Crippen LogP) is 4.49. The first kappa shape index (κ1) is 21.1. The van der Waals surface area contributed by atoms with Crippen molar-refractivity contribution in [3.8, 4) is 5.75 Å². The number of hydrazone groups is 1. The molecule has 0 aliphatic heterocycles. The van der Waals surface area contributed by atoms with E-state index in [4.69, 9.17) is 4.74 Å². The maximum atomic E-state index is 14.2. The van der Waals surface area contributed by atoms with Gasteiger partial charge in [-0.2, -0.15) is 5.10 Å². The van der Waals surface area contributed by atoms with E-state index in [1.54, 1.807) is 12.3 Å². The molecule has 12 heteroatoms. The number of rotatable bonds is 7. The lowest BCUT2D eigenvalue weighted by atomic mass is 10.2. The number of hydrogen-bond acceptors (Lipinski definition) is 7. The molecule has 0 atom stereocenters.